The van der Waals surface area contributed by atoms with Crippen LogP contribution in [0.3, 0.4) is 0 Å². The number of rotatable bonds is 0. The Bertz CT molecular complexity index is 90.7. The van der Waals surface area contributed by atoms with Gasteiger partial charge in [0.1, 0.15) is 5.76 Å². The molecule has 1 heterocycles. The van der Waals surface area contributed by atoms with Gasteiger partial charge in [-0.3, -0.25) is 0 Å². The third-order valence-electron chi connectivity index (χ3n) is 1.23. The maximum absolute atomic E-state index is 5.28. The maximum atomic E-state index is 5.28. The second-order valence-corrected chi connectivity index (χ2v) is 2.50. The monoisotopic (exact) mass is 224 g/mol. The minimum Gasteiger partial charge on any atom is -0.497 e. The summed E-state index contributed by atoms with van der Waals surface area (Å²) >= 11 is 2.22. The predicted molar refractivity (Wildman–Crippen MR) is 41.9 cm³/mol. The van der Waals surface area contributed by atoms with E-state index in [1.54, 1.807) is 0 Å². The highest BCUT2D eigenvalue weighted by Crippen LogP contribution is 2.16. The molecule has 0 aromatic carbocycles. The molecule has 1 fully saturated rings. The molecule has 0 unspecified atom stereocenters. The zero-order valence-electron chi connectivity index (χ0n) is 4.69. The third kappa shape index (κ3) is 1.65. The highest BCUT2D eigenvalue weighted by atomic mass is 127. The zero-order chi connectivity index (χ0) is 5.82. The molecule has 2 heteroatoms. The molecule has 1 saturated heterocycles. The quantitative estimate of drug-likeness (QED) is 0.574. The Morgan fingerprint density at radius 3 is 2.75 bits per heavy atom. The van der Waals surface area contributed by atoms with Crippen LogP contribution in [0.1, 0.15) is 19.3 Å². The molecule has 0 spiro atoms. The maximum Gasteiger partial charge on any atom is 0.102 e. The molecule has 0 aromatic heterocycles. The van der Waals surface area contributed by atoms with Gasteiger partial charge in [-0.1, -0.05) is 0 Å². The molecule has 1 rings (SSSR count). The van der Waals surface area contributed by atoms with Gasteiger partial charge in [-0.25, -0.2) is 0 Å². The van der Waals surface area contributed by atoms with Crippen molar-refractivity contribution in [3.63, 3.8) is 0 Å². The van der Waals surface area contributed by atoms with Crippen LogP contribution in [0.2, 0.25) is 0 Å². The van der Waals surface area contributed by atoms with Crippen LogP contribution < -0.4 is 0 Å². The van der Waals surface area contributed by atoms with E-state index in [0.29, 0.717) is 0 Å². The molecular weight excluding hydrogens is 215 g/mol. The Balaban J connectivity index is 2.33. The Labute approximate surface area is 63.2 Å². The second-order valence-electron chi connectivity index (χ2n) is 1.88. The summed E-state index contributed by atoms with van der Waals surface area (Å²) in [4.78, 5) is 0. The fourth-order valence-electron chi connectivity index (χ4n) is 0.763. The fraction of sp³-hybridized carbons (Fsp3) is 0.667. The van der Waals surface area contributed by atoms with Crippen molar-refractivity contribution in [1.29, 1.82) is 0 Å². The van der Waals surface area contributed by atoms with Gasteiger partial charge in [-0.05, 0) is 35.4 Å². The van der Waals surface area contributed by atoms with E-state index in [2.05, 4.69) is 22.6 Å². The lowest BCUT2D eigenvalue weighted by atomic mass is 10.2. The highest BCUT2D eigenvalue weighted by Gasteiger charge is 2.03. The molecule has 46 valence electrons. The van der Waals surface area contributed by atoms with E-state index >= 15 is 0 Å². The topological polar surface area (TPSA) is 9.23 Å². The molecule has 1 aliphatic rings. The Morgan fingerprint density at radius 1 is 1.50 bits per heavy atom. The Kier molecular flexibility index (Phi) is 2.66. The molecule has 0 aliphatic carbocycles. The molecular formula is C6H9IO. The third-order valence-corrected chi connectivity index (χ3v) is 1.92. The van der Waals surface area contributed by atoms with Crippen LogP contribution in [0, 0.1) is 0 Å². The van der Waals surface area contributed by atoms with Crippen molar-refractivity contribution in [2.75, 3.05) is 6.61 Å². The van der Waals surface area contributed by atoms with Crippen LogP contribution >= 0.6 is 22.6 Å². The lowest BCUT2D eigenvalue weighted by Crippen LogP contribution is -2.01. The number of hydrogen-bond donors (Lipinski definition) is 0. The van der Waals surface area contributed by atoms with E-state index < -0.39 is 0 Å². The molecule has 0 atom stereocenters. The van der Waals surface area contributed by atoms with Gasteiger partial charge in [-0.15, -0.1) is 0 Å². The van der Waals surface area contributed by atoms with E-state index in [-0.39, 0.29) is 0 Å². The average molecular weight is 224 g/mol. The first-order chi connectivity index (χ1) is 3.93. The molecule has 8 heavy (non-hydrogen) atoms. The minimum atomic E-state index is 0.925. The van der Waals surface area contributed by atoms with E-state index in [4.69, 9.17) is 4.74 Å². The Morgan fingerprint density at radius 2 is 2.38 bits per heavy atom. The van der Waals surface area contributed by atoms with E-state index in [0.717, 1.165) is 18.8 Å². The molecule has 0 saturated carbocycles. The summed E-state index contributed by atoms with van der Waals surface area (Å²) in [6.45, 7) is 0.925. The van der Waals surface area contributed by atoms with Gasteiger partial charge in [0.15, 0.2) is 0 Å². The number of allylic oxidation sites excluding steroid dienone is 1. The van der Waals surface area contributed by atoms with E-state index in [9.17, 15) is 0 Å². The van der Waals surface area contributed by atoms with Crippen molar-refractivity contribution in [2.45, 2.75) is 19.3 Å². The van der Waals surface area contributed by atoms with Crippen LogP contribution in [-0.4, -0.2) is 6.61 Å². The number of halogens is 1. The average Bonchev–Trinajstić information content (AvgIpc) is 1.90. The standard InChI is InChI=1S/C6H9IO/c7-5-6-3-1-2-4-8-6/h5H,1-4H2/b6-5+. The normalized spacial score (nSPS) is 25.4. The van der Waals surface area contributed by atoms with Crippen molar-refractivity contribution in [3.8, 4) is 0 Å². The molecule has 0 bridgehead atoms. The summed E-state index contributed by atoms with van der Waals surface area (Å²) in [6.07, 6.45) is 3.67. The largest absolute Gasteiger partial charge is 0.497 e. The minimum absolute atomic E-state index is 0.925. The van der Waals surface area contributed by atoms with Gasteiger partial charge < -0.3 is 4.74 Å². The second kappa shape index (κ2) is 3.33. The Hall–Kier alpha value is 0.270. The SMILES string of the molecule is I/C=C1\CCCCO1. The van der Waals surface area contributed by atoms with Crippen molar-refractivity contribution >= 4 is 22.6 Å². The summed E-state index contributed by atoms with van der Waals surface area (Å²) in [5.41, 5.74) is 0. The van der Waals surface area contributed by atoms with Crippen molar-refractivity contribution in [3.05, 3.63) is 9.84 Å². The van der Waals surface area contributed by atoms with Gasteiger partial charge >= 0.3 is 0 Å². The fourth-order valence-corrected chi connectivity index (χ4v) is 1.25. The van der Waals surface area contributed by atoms with E-state index in [1.165, 1.54) is 12.8 Å². The molecule has 0 amide bonds. The van der Waals surface area contributed by atoms with Gasteiger partial charge in [-0.2, -0.15) is 0 Å². The first-order valence-electron chi connectivity index (χ1n) is 2.85. The summed E-state index contributed by atoms with van der Waals surface area (Å²) in [5, 5.41) is 0. The van der Waals surface area contributed by atoms with E-state index in [1.807, 2.05) is 4.08 Å². The molecule has 1 nitrogen and oxygen atoms in total. The molecule has 1 aliphatic heterocycles. The smallest absolute Gasteiger partial charge is 0.102 e. The van der Waals surface area contributed by atoms with Crippen LogP contribution in [-0.2, 0) is 4.74 Å². The van der Waals surface area contributed by atoms with Gasteiger partial charge in [0.05, 0.1) is 6.61 Å². The summed E-state index contributed by atoms with van der Waals surface area (Å²) < 4.78 is 7.31. The predicted octanol–water partition coefficient (Wildman–Crippen LogP) is 2.46. The summed E-state index contributed by atoms with van der Waals surface area (Å²) in [6, 6.07) is 0. The van der Waals surface area contributed by atoms with Crippen LogP contribution in [0.15, 0.2) is 9.84 Å². The first kappa shape index (κ1) is 6.39. The molecule has 0 aromatic rings. The summed E-state index contributed by atoms with van der Waals surface area (Å²) in [7, 11) is 0. The van der Waals surface area contributed by atoms with Gasteiger partial charge in [0, 0.05) is 10.5 Å². The number of hydrogen-bond acceptors (Lipinski definition) is 1. The number of ether oxygens (including phenoxy) is 1. The van der Waals surface area contributed by atoms with Gasteiger partial charge in [0.2, 0.25) is 0 Å². The molecule has 0 radical (unpaired) electrons. The van der Waals surface area contributed by atoms with Crippen LogP contribution in [0.4, 0.5) is 0 Å². The first-order valence-corrected chi connectivity index (χ1v) is 4.10. The summed E-state index contributed by atoms with van der Waals surface area (Å²) in [5.74, 6) is 1.16. The van der Waals surface area contributed by atoms with Crippen LogP contribution in [0.25, 0.3) is 0 Å². The lowest BCUT2D eigenvalue weighted by Gasteiger charge is -2.14. The lowest BCUT2D eigenvalue weighted by molar-refractivity contribution is 0.167. The van der Waals surface area contributed by atoms with Crippen molar-refractivity contribution in [1.82, 2.24) is 0 Å². The van der Waals surface area contributed by atoms with Crippen molar-refractivity contribution in [2.24, 2.45) is 0 Å². The van der Waals surface area contributed by atoms with Gasteiger partial charge in [0.25, 0.3) is 0 Å². The van der Waals surface area contributed by atoms with Crippen LogP contribution in [0.5, 0.6) is 0 Å². The molecule has 0 N–H and O–H groups in total. The van der Waals surface area contributed by atoms with Crippen molar-refractivity contribution < 1.29 is 4.74 Å². The highest BCUT2D eigenvalue weighted by molar-refractivity contribution is 14.1. The zero-order valence-corrected chi connectivity index (χ0v) is 6.85.